The van der Waals surface area contributed by atoms with Crippen LogP contribution in [0.3, 0.4) is 0 Å². The number of hydrogen-bond donors (Lipinski definition) is 3. The summed E-state index contributed by atoms with van der Waals surface area (Å²) in [5.74, 6) is -0.0447. The van der Waals surface area contributed by atoms with Crippen molar-refractivity contribution in [2.45, 2.75) is 36.9 Å². The topological polar surface area (TPSA) is 108 Å². The lowest BCUT2D eigenvalue weighted by molar-refractivity contribution is -0.121. The Hall–Kier alpha value is -1.49. The van der Waals surface area contributed by atoms with E-state index >= 15 is 0 Å². The first kappa shape index (κ1) is 20.8. The smallest absolute Gasteiger partial charge is 0.321 e. The molecule has 3 N–H and O–H groups in total. The number of amides is 3. The van der Waals surface area contributed by atoms with Crippen LogP contribution in [0.15, 0.2) is 21.7 Å². The highest BCUT2D eigenvalue weighted by atomic mass is 32.2. The molecule has 0 atom stereocenters. The van der Waals surface area contributed by atoms with E-state index in [9.17, 15) is 18.0 Å². The average Bonchev–Trinajstić information content (AvgIpc) is 3.10. The molecular formula is C16H26N4O4S2. The van der Waals surface area contributed by atoms with Gasteiger partial charge >= 0.3 is 6.03 Å². The number of nitrogens with one attached hydrogen (secondary N) is 3. The molecule has 1 fully saturated rings. The number of rotatable bonds is 7. The zero-order chi connectivity index (χ0) is 19.2. The molecular weight excluding hydrogens is 376 g/mol. The van der Waals surface area contributed by atoms with Gasteiger partial charge in [0.2, 0.25) is 15.9 Å². The number of hydrogen-bond acceptors (Lipinski definition) is 6. The van der Waals surface area contributed by atoms with Crippen molar-refractivity contribution >= 4 is 33.3 Å². The SMILES string of the molecule is CC(C)CNC(=O)NC(=O)CN1CCC(NS(=O)(=O)c2cccs2)CC1. The number of urea groups is 1. The molecule has 2 heterocycles. The maximum atomic E-state index is 12.2. The van der Waals surface area contributed by atoms with Crippen molar-refractivity contribution < 1.29 is 18.0 Å². The molecule has 0 unspecified atom stereocenters. The molecule has 26 heavy (non-hydrogen) atoms. The number of imide groups is 1. The Balaban J connectivity index is 1.71. The Morgan fingerprint density at radius 2 is 2.00 bits per heavy atom. The van der Waals surface area contributed by atoms with Crippen molar-refractivity contribution in [1.29, 1.82) is 0 Å². The fourth-order valence-electron chi connectivity index (χ4n) is 2.61. The van der Waals surface area contributed by atoms with Crippen LogP contribution >= 0.6 is 11.3 Å². The third kappa shape index (κ3) is 6.67. The Labute approximate surface area is 158 Å². The van der Waals surface area contributed by atoms with E-state index in [0.29, 0.717) is 42.6 Å². The van der Waals surface area contributed by atoms with Crippen LogP contribution in [-0.4, -0.2) is 57.5 Å². The molecule has 1 saturated heterocycles. The molecule has 0 radical (unpaired) electrons. The second kappa shape index (κ2) is 9.45. The van der Waals surface area contributed by atoms with Crippen molar-refractivity contribution in [3.05, 3.63) is 17.5 Å². The van der Waals surface area contributed by atoms with Gasteiger partial charge in [-0.2, -0.15) is 0 Å². The van der Waals surface area contributed by atoms with E-state index < -0.39 is 16.1 Å². The van der Waals surface area contributed by atoms with Gasteiger partial charge in [-0.1, -0.05) is 19.9 Å². The molecule has 1 aromatic heterocycles. The van der Waals surface area contributed by atoms with E-state index in [4.69, 9.17) is 0 Å². The maximum absolute atomic E-state index is 12.2. The van der Waals surface area contributed by atoms with E-state index in [2.05, 4.69) is 15.4 Å². The molecule has 0 spiro atoms. The Morgan fingerprint density at radius 1 is 1.31 bits per heavy atom. The first-order valence-electron chi connectivity index (χ1n) is 8.62. The summed E-state index contributed by atoms with van der Waals surface area (Å²) in [5.41, 5.74) is 0. The lowest BCUT2D eigenvalue weighted by Crippen LogP contribution is -2.49. The number of likely N-dealkylation sites (tertiary alicyclic amines) is 1. The summed E-state index contributed by atoms with van der Waals surface area (Å²) in [6.45, 7) is 5.77. The molecule has 1 aliphatic heterocycles. The summed E-state index contributed by atoms with van der Waals surface area (Å²) in [4.78, 5) is 25.4. The normalized spacial score (nSPS) is 16.6. The van der Waals surface area contributed by atoms with Crippen LogP contribution in [0.4, 0.5) is 4.79 Å². The van der Waals surface area contributed by atoms with Crippen molar-refractivity contribution in [2.75, 3.05) is 26.2 Å². The summed E-state index contributed by atoms with van der Waals surface area (Å²) in [6, 6.07) is 2.66. The minimum absolute atomic E-state index is 0.124. The number of sulfonamides is 1. The summed E-state index contributed by atoms with van der Waals surface area (Å²) in [5, 5.41) is 6.67. The van der Waals surface area contributed by atoms with Crippen molar-refractivity contribution in [3.8, 4) is 0 Å². The summed E-state index contributed by atoms with van der Waals surface area (Å²) >= 11 is 1.19. The highest BCUT2D eigenvalue weighted by molar-refractivity contribution is 7.91. The van der Waals surface area contributed by atoms with Gasteiger partial charge in [0.15, 0.2) is 0 Å². The van der Waals surface area contributed by atoms with Crippen LogP contribution in [0.2, 0.25) is 0 Å². The molecule has 2 rings (SSSR count). The zero-order valence-electron chi connectivity index (χ0n) is 15.0. The third-order valence-electron chi connectivity index (χ3n) is 3.96. The highest BCUT2D eigenvalue weighted by Crippen LogP contribution is 2.18. The number of piperidine rings is 1. The standard InChI is InChI=1S/C16H26N4O4S2/c1-12(2)10-17-16(22)18-14(21)11-20-7-5-13(6-8-20)19-26(23,24)15-4-3-9-25-15/h3-4,9,12-13,19H,5-8,10-11H2,1-2H3,(H2,17,18,21,22). The monoisotopic (exact) mass is 402 g/mol. The number of nitrogens with zero attached hydrogens (tertiary/aromatic N) is 1. The molecule has 146 valence electrons. The van der Waals surface area contributed by atoms with Gasteiger partial charge in [0.25, 0.3) is 0 Å². The van der Waals surface area contributed by atoms with Gasteiger partial charge in [-0.15, -0.1) is 11.3 Å². The molecule has 0 aliphatic carbocycles. The number of thiophene rings is 1. The van der Waals surface area contributed by atoms with E-state index in [1.807, 2.05) is 18.7 Å². The van der Waals surface area contributed by atoms with Crippen LogP contribution in [0.25, 0.3) is 0 Å². The Bertz CT molecular complexity index is 696. The minimum Gasteiger partial charge on any atom is -0.338 e. The Kier molecular flexibility index (Phi) is 7.56. The molecule has 0 saturated carbocycles. The molecule has 0 aromatic carbocycles. The molecule has 1 aliphatic rings. The highest BCUT2D eigenvalue weighted by Gasteiger charge is 2.26. The van der Waals surface area contributed by atoms with Gasteiger partial charge in [0.1, 0.15) is 4.21 Å². The lowest BCUT2D eigenvalue weighted by Gasteiger charge is -2.31. The van der Waals surface area contributed by atoms with Gasteiger partial charge in [-0.05, 0) is 30.2 Å². The second-order valence-corrected chi connectivity index (χ2v) is 9.64. The molecule has 3 amide bonds. The number of carbonyl (C=O) groups is 2. The van der Waals surface area contributed by atoms with Gasteiger partial charge in [0.05, 0.1) is 6.54 Å². The lowest BCUT2D eigenvalue weighted by atomic mass is 10.1. The molecule has 8 nitrogen and oxygen atoms in total. The van der Waals surface area contributed by atoms with E-state index in [-0.39, 0.29) is 18.5 Å². The minimum atomic E-state index is -3.47. The van der Waals surface area contributed by atoms with Crippen LogP contribution in [0.1, 0.15) is 26.7 Å². The van der Waals surface area contributed by atoms with Gasteiger partial charge in [-0.25, -0.2) is 17.9 Å². The second-order valence-electron chi connectivity index (χ2n) is 6.76. The number of carbonyl (C=O) groups excluding carboxylic acids is 2. The van der Waals surface area contributed by atoms with Crippen molar-refractivity contribution in [2.24, 2.45) is 5.92 Å². The first-order chi connectivity index (χ1) is 12.3. The Morgan fingerprint density at radius 3 is 2.58 bits per heavy atom. The van der Waals surface area contributed by atoms with Crippen molar-refractivity contribution in [1.82, 2.24) is 20.3 Å². The quantitative estimate of drug-likeness (QED) is 0.630. The first-order valence-corrected chi connectivity index (χ1v) is 11.0. The fraction of sp³-hybridized carbons (Fsp3) is 0.625. The average molecular weight is 403 g/mol. The molecule has 10 heteroatoms. The van der Waals surface area contributed by atoms with Crippen LogP contribution < -0.4 is 15.4 Å². The molecule has 1 aromatic rings. The summed E-state index contributed by atoms with van der Waals surface area (Å²) < 4.78 is 27.5. The molecule has 0 bridgehead atoms. The third-order valence-corrected chi connectivity index (χ3v) is 6.88. The van der Waals surface area contributed by atoms with E-state index in [1.165, 1.54) is 11.3 Å². The van der Waals surface area contributed by atoms with Gasteiger partial charge in [-0.3, -0.25) is 15.0 Å². The fourth-order valence-corrected chi connectivity index (χ4v) is 4.93. The largest absolute Gasteiger partial charge is 0.338 e. The summed E-state index contributed by atoms with van der Waals surface area (Å²) in [7, 11) is -3.47. The predicted molar refractivity (Wildman–Crippen MR) is 100 cm³/mol. The summed E-state index contributed by atoms with van der Waals surface area (Å²) in [6.07, 6.45) is 1.24. The van der Waals surface area contributed by atoms with Gasteiger partial charge < -0.3 is 5.32 Å². The van der Waals surface area contributed by atoms with Crippen molar-refractivity contribution in [3.63, 3.8) is 0 Å². The van der Waals surface area contributed by atoms with E-state index in [1.54, 1.807) is 17.5 Å². The van der Waals surface area contributed by atoms with Crippen LogP contribution in [0, 0.1) is 5.92 Å². The van der Waals surface area contributed by atoms with Crippen LogP contribution in [-0.2, 0) is 14.8 Å². The van der Waals surface area contributed by atoms with E-state index in [0.717, 1.165) is 0 Å². The van der Waals surface area contributed by atoms with Gasteiger partial charge in [0, 0.05) is 25.7 Å². The predicted octanol–water partition coefficient (Wildman–Crippen LogP) is 0.973. The zero-order valence-corrected chi connectivity index (χ0v) is 16.7. The maximum Gasteiger partial charge on any atom is 0.321 e. The van der Waals surface area contributed by atoms with Crippen LogP contribution in [0.5, 0.6) is 0 Å².